The summed E-state index contributed by atoms with van der Waals surface area (Å²) in [5.41, 5.74) is 1.90. The van der Waals surface area contributed by atoms with Crippen LogP contribution in [0.15, 0.2) is 17.3 Å². The van der Waals surface area contributed by atoms with Crippen LogP contribution in [0, 0.1) is 4.99 Å². The molecule has 0 aromatic heterocycles. The van der Waals surface area contributed by atoms with Gasteiger partial charge in [-0.15, -0.1) is 0 Å². The summed E-state index contributed by atoms with van der Waals surface area (Å²) in [4.78, 5) is 13.6. The molecule has 0 aromatic rings. The first-order valence-electron chi connectivity index (χ1n) is 3.67. The van der Waals surface area contributed by atoms with E-state index in [9.17, 15) is 4.79 Å². The summed E-state index contributed by atoms with van der Waals surface area (Å²) in [5, 5.41) is 2.80. The van der Waals surface area contributed by atoms with E-state index in [1.165, 1.54) is 26.3 Å². The van der Waals surface area contributed by atoms with Gasteiger partial charge in [-0.25, -0.2) is 0 Å². The summed E-state index contributed by atoms with van der Waals surface area (Å²) < 4.78 is 1.16. The number of rotatable bonds is 3. The summed E-state index contributed by atoms with van der Waals surface area (Å²) in [5.74, 6) is -0.0436. The van der Waals surface area contributed by atoms with E-state index >= 15 is 0 Å². The Kier molecular flexibility index (Phi) is 6.44. The zero-order valence-electron chi connectivity index (χ0n) is 7.77. The predicted molar refractivity (Wildman–Crippen MR) is 53.9 cm³/mol. The standard InChI is InChI=1S/C9H11BrNO.W/c1-4-9(11-8(3)12)7(2)5-6-10;/h5H,1-3H3,(H,11,12);/q-1;/b9-7+;. The molecule has 0 rings (SSSR count). The molecule has 0 radical (unpaired) electrons. The van der Waals surface area contributed by atoms with Gasteiger partial charge in [-0.3, -0.25) is 0 Å². The molecule has 0 atom stereocenters. The minimum atomic E-state index is -0.0436. The maximum absolute atomic E-state index is 10.9. The van der Waals surface area contributed by atoms with Gasteiger partial charge in [0.2, 0.25) is 0 Å². The molecule has 0 unspecified atom stereocenters. The molecule has 0 spiro atoms. The van der Waals surface area contributed by atoms with E-state index in [-0.39, 0.29) is 5.91 Å². The van der Waals surface area contributed by atoms with E-state index in [0.717, 1.165) is 15.2 Å². The van der Waals surface area contributed by atoms with Crippen molar-refractivity contribution in [3.05, 3.63) is 22.3 Å². The molecule has 0 saturated heterocycles. The first-order chi connectivity index (χ1) is 5.99. The van der Waals surface area contributed by atoms with Crippen LogP contribution in [0.5, 0.6) is 0 Å². The molecule has 72 valence electrons. The van der Waals surface area contributed by atoms with Crippen LogP contribution < -0.4 is 5.32 Å². The van der Waals surface area contributed by atoms with Gasteiger partial charge in [-0.05, 0) is 0 Å². The predicted octanol–water partition coefficient (Wildman–Crippen LogP) is 1.85. The first-order valence-corrected chi connectivity index (χ1v) is 5.93. The number of nitrogens with one attached hydrogen (secondary N) is 1. The van der Waals surface area contributed by atoms with Crippen LogP contribution in [-0.4, -0.2) is 9.81 Å². The van der Waals surface area contributed by atoms with Crippen LogP contribution in [0.4, 0.5) is 0 Å². The number of hydrogen-bond donors (Lipinski definition) is 1. The zero-order valence-corrected chi connectivity index (χ0v) is 12.3. The molecule has 4 heteroatoms. The molecule has 13 heavy (non-hydrogen) atoms. The molecule has 0 aliphatic heterocycles. The quantitative estimate of drug-likeness (QED) is 0.556. The Hall–Kier alpha value is -0.0117. The van der Waals surface area contributed by atoms with Gasteiger partial charge in [0, 0.05) is 0 Å². The van der Waals surface area contributed by atoms with Gasteiger partial charge in [0.1, 0.15) is 0 Å². The van der Waals surface area contributed by atoms with E-state index in [1.807, 2.05) is 13.8 Å². The summed E-state index contributed by atoms with van der Waals surface area (Å²) in [6.45, 7) is 5.44. The fourth-order valence-corrected chi connectivity index (χ4v) is 1.90. The van der Waals surface area contributed by atoms with Crippen LogP contribution in [0.25, 0.3) is 0 Å². The molecule has 1 N–H and O–H groups in total. The maximum atomic E-state index is 10.9. The van der Waals surface area contributed by atoms with Crippen molar-refractivity contribution in [1.82, 2.24) is 5.32 Å². The normalized spacial score (nSPS) is 12.6. The number of hydrogen-bond acceptors (Lipinski definition) is 1. The third kappa shape index (κ3) is 5.32. The van der Waals surface area contributed by atoms with Crippen molar-refractivity contribution in [2.45, 2.75) is 20.8 Å². The monoisotopic (exact) mass is 412 g/mol. The van der Waals surface area contributed by atoms with Gasteiger partial charge in [-0.1, -0.05) is 0 Å². The van der Waals surface area contributed by atoms with E-state index < -0.39 is 0 Å². The second kappa shape index (κ2) is 6.44. The van der Waals surface area contributed by atoms with Gasteiger partial charge in [0.25, 0.3) is 0 Å². The zero-order chi connectivity index (χ0) is 10.4. The molecule has 0 aliphatic carbocycles. The number of amides is 1. The molecule has 0 heterocycles. The molecule has 0 saturated carbocycles. The van der Waals surface area contributed by atoms with Gasteiger partial charge in [-0.2, -0.15) is 0 Å². The van der Waals surface area contributed by atoms with Crippen LogP contribution in [0.2, 0.25) is 0 Å². The molecule has 2 nitrogen and oxygen atoms in total. The van der Waals surface area contributed by atoms with Crippen molar-refractivity contribution < 1.29 is 24.1 Å². The van der Waals surface area contributed by atoms with E-state index in [2.05, 4.69) is 26.2 Å². The summed E-state index contributed by atoms with van der Waals surface area (Å²) in [7, 11) is 0. The van der Waals surface area contributed by atoms with Crippen molar-refractivity contribution in [2.75, 3.05) is 0 Å². The average Bonchev–Trinajstić information content (AvgIpc) is 1.99. The Morgan fingerprint density at radius 2 is 2.00 bits per heavy atom. The number of carbonyl (C=O) groups excluding carboxylic acids is 1. The van der Waals surface area contributed by atoms with Crippen molar-refractivity contribution in [3.63, 3.8) is 0 Å². The first kappa shape index (κ1) is 13.0. The van der Waals surface area contributed by atoms with E-state index in [4.69, 9.17) is 0 Å². The van der Waals surface area contributed by atoms with Gasteiger partial charge in [0.15, 0.2) is 0 Å². The van der Waals surface area contributed by atoms with Gasteiger partial charge in [0.05, 0.1) is 0 Å². The van der Waals surface area contributed by atoms with Crippen LogP contribution in [-0.2, 0) is 24.1 Å². The Morgan fingerprint density at radius 3 is 2.31 bits per heavy atom. The fourth-order valence-electron chi connectivity index (χ4n) is 0.794. The molecular weight excluding hydrogens is 402 g/mol. The molecular formula is C9H11BrNOW-. The second-order valence-corrected chi connectivity index (χ2v) is 5.21. The van der Waals surface area contributed by atoms with Crippen molar-refractivity contribution in [2.24, 2.45) is 0 Å². The Morgan fingerprint density at radius 1 is 1.46 bits per heavy atom. The average molecular weight is 413 g/mol. The molecule has 0 fully saturated rings. The summed E-state index contributed by atoms with van der Waals surface area (Å²) in [6, 6.07) is 0. The van der Waals surface area contributed by atoms with Crippen LogP contribution in [0.3, 0.4) is 0 Å². The van der Waals surface area contributed by atoms with Crippen molar-refractivity contribution in [1.29, 1.82) is 0 Å². The number of halogens is 1. The second-order valence-electron chi connectivity index (χ2n) is 2.55. The fraction of sp³-hybridized carbons (Fsp3) is 0.333. The molecule has 1 amide bonds. The van der Waals surface area contributed by atoms with E-state index in [1.54, 1.807) is 6.08 Å². The number of carbonyl (C=O) groups is 1. The Balaban J connectivity index is 4.88. The van der Waals surface area contributed by atoms with Crippen LogP contribution >= 0.6 is 15.9 Å². The molecule has 0 aliphatic rings. The van der Waals surface area contributed by atoms with Gasteiger partial charge >= 0.3 is 98.3 Å². The molecule has 0 bridgehead atoms. The van der Waals surface area contributed by atoms with Crippen molar-refractivity contribution >= 4 is 25.7 Å². The Bertz CT molecular complexity index is 281. The summed E-state index contributed by atoms with van der Waals surface area (Å²) >= 11 is 4.43. The third-order valence-electron chi connectivity index (χ3n) is 1.32. The molecule has 0 aromatic carbocycles. The topological polar surface area (TPSA) is 29.1 Å². The minimum absolute atomic E-state index is 0.0436. The summed E-state index contributed by atoms with van der Waals surface area (Å²) in [6.07, 6.45) is 1.79. The SMILES string of the molecule is CC(=O)N/C([C](C)=[W])=C(\C)C=[C-]Br. The van der Waals surface area contributed by atoms with Gasteiger partial charge < -0.3 is 0 Å². The Labute approximate surface area is 98.0 Å². The third-order valence-corrected chi connectivity index (χ3v) is 2.28. The number of allylic oxidation sites excluding steroid dienone is 3. The van der Waals surface area contributed by atoms with Crippen molar-refractivity contribution in [3.8, 4) is 0 Å². The van der Waals surface area contributed by atoms with Crippen LogP contribution in [0.1, 0.15) is 20.8 Å². The van der Waals surface area contributed by atoms with E-state index in [0.29, 0.717) is 0 Å².